The molecule has 0 aromatic heterocycles. The fourth-order valence-electron chi connectivity index (χ4n) is 2.98. The Balaban J connectivity index is 2.03. The Hall–Kier alpha value is -1.38. The second-order valence-electron chi connectivity index (χ2n) is 7.17. The highest BCUT2D eigenvalue weighted by atomic mass is 16.6. The number of aliphatic hydroxyl groups is 2. The molecule has 0 aromatic carbocycles. The first-order valence-electron chi connectivity index (χ1n) is 7.33. The minimum atomic E-state index is -0.972. The van der Waals surface area contributed by atoms with Crippen LogP contribution in [-0.2, 0) is 9.53 Å². The first-order valence-corrected chi connectivity index (χ1v) is 7.33. The molecule has 2 aliphatic rings. The summed E-state index contributed by atoms with van der Waals surface area (Å²) in [5.41, 5.74) is -1.36. The van der Waals surface area contributed by atoms with Crippen LogP contribution in [0.2, 0.25) is 0 Å². The molecule has 0 radical (unpaired) electrons. The Kier molecular flexibility index (Phi) is 4.38. The van der Waals surface area contributed by atoms with E-state index in [-0.39, 0.29) is 32.6 Å². The summed E-state index contributed by atoms with van der Waals surface area (Å²) in [5, 5.41) is 28.5. The van der Waals surface area contributed by atoms with Gasteiger partial charge in [0, 0.05) is 26.2 Å². The molecule has 2 atom stereocenters. The number of hydrogen-bond donors (Lipinski definition) is 3. The van der Waals surface area contributed by atoms with Crippen LogP contribution in [0.15, 0.2) is 0 Å². The van der Waals surface area contributed by atoms with E-state index in [9.17, 15) is 19.8 Å². The van der Waals surface area contributed by atoms with Crippen LogP contribution < -0.4 is 0 Å². The molecule has 0 aliphatic carbocycles. The average Bonchev–Trinajstić information content (AvgIpc) is 2.61. The molecule has 2 rings (SSSR count). The van der Waals surface area contributed by atoms with Crippen molar-refractivity contribution in [3.8, 4) is 0 Å². The summed E-state index contributed by atoms with van der Waals surface area (Å²) >= 11 is 0. The van der Waals surface area contributed by atoms with Crippen molar-refractivity contribution in [1.29, 1.82) is 0 Å². The lowest BCUT2D eigenvalue weighted by Gasteiger charge is -2.53. The summed E-state index contributed by atoms with van der Waals surface area (Å²) in [5.74, 6) is -0.972. The third-order valence-electron chi connectivity index (χ3n) is 4.03. The van der Waals surface area contributed by atoms with E-state index in [2.05, 4.69) is 0 Å². The second kappa shape index (κ2) is 5.68. The molecule has 2 fully saturated rings. The normalized spacial score (nSPS) is 28.3. The maximum atomic E-state index is 12.0. The van der Waals surface area contributed by atoms with Crippen molar-refractivity contribution < 1.29 is 29.6 Å². The van der Waals surface area contributed by atoms with Gasteiger partial charge < -0.3 is 25.0 Å². The molecule has 2 heterocycles. The number of rotatable bonds is 3. The van der Waals surface area contributed by atoms with Crippen LogP contribution in [0.5, 0.6) is 0 Å². The van der Waals surface area contributed by atoms with Gasteiger partial charge in [0.2, 0.25) is 0 Å². The summed E-state index contributed by atoms with van der Waals surface area (Å²) in [7, 11) is 0. The molecule has 8 heteroatoms. The number of amides is 1. The van der Waals surface area contributed by atoms with E-state index in [1.807, 2.05) is 0 Å². The second-order valence-corrected chi connectivity index (χ2v) is 7.17. The Labute approximate surface area is 129 Å². The first kappa shape index (κ1) is 17.0. The van der Waals surface area contributed by atoms with E-state index < -0.39 is 35.4 Å². The number of aliphatic hydroxyl groups excluding tert-OH is 2. The fraction of sp³-hybridized carbons (Fsp3) is 0.857. The SMILES string of the molecule is CC(C)(C)OC(=O)N1CC(CC(=O)O)(N2CC(O)C(O)C2)C1. The molecule has 22 heavy (non-hydrogen) atoms. The number of nitrogens with zero attached hydrogens (tertiary/aromatic N) is 2. The van der Waals surface area contributed by atoms with E-state index >= 15 is 0 Å². The van der Waals surface area contributed by atoms with Gasteiger partial charge in [0.05, 0.1) is 24.2 Å². The van der Waals surface area contributed by atoms with Gasteiger partial charge in [-0.3, -0.25) is 9.69 Å². The fourth-order valence-corrected chi connectivity index (χ4v) is 2.98. The zero-order chi connectivity index (χ0) is 16.7. The minimum absolute atomic E-state index is 0.147. The molecule has 3 N–H and O–H groups in total. The maximum absolute atomic E-state index is 12.0. The number of carboxylic acids is 1. The standard InChI is InChI=1S/C14H24N2O6/c1-13(2,3)22-12(21)15-7-14(8-15,4-11(19)20)16-5-9(17)10(18)6-16/h9-10,17-18H,4-8H2,1-3H3,(H,19,20). The number of likely N-dealkylation sites (tertiary alicyclic amines) is 2. The molecule has 0 bridgehead atoms. The lowest BCUT2D eigenvalue weighted by atomic mass is 9.84. The van der Waals surface area contributed by atoms with E-state index in [0.717, 1.165) is 0 Å². The smallest absolute Gasteiger partial charge is 0.410 e. The van der Waals surface area contributed by atoms with Crippen LogP contribution in [-0.4, -0.2) is 86.7 Å². The van der Waals surface area contributed by atoms with Crippen LogP contribution >= 0.6 is 0 Å². The third-order valence-corrected chi connectivity index (χ3v) is 4.03. The lowest BCUT2D eigenvalue weighted by molar-refractivity contribution is -0.145. The van der Waals surface area contributed by atoms with Crippen LogP contribution in [0.3, 0.4) is 0 Å². The van der Waals surface area contributed by atoms with Gasteiger partial charge in [-0.15, -0.1) is 0 Å². The number of hydrogen-bond acceptors (Lipinski definition) is 6. The predicted molar refractivity (Wildman–Crippen MR) is 76.4 cm³/mol. The highest BCUT2D eigenvalue weighted by Crippen LogP contribution is 2.35. The van der Waals surface area contributed by atoms with E-state index in [0.29, 0.717) is 0 Å². The zero-order valence-electron chi connectivity index (χ0n) is 13.2. The van der Waals surface area contributed by atoms with Crippen LogP contribution in [0, 0.1) is 0 Å². The Morgan fingerprint density at radius 2 is 1.68 bits per heavy atom. The Morgan fingerprint density at radius 3 is 2.09 bits per heavy atom. The van der Waals surface area contributed by atoms with Crippen molar-refractivity contribution in [2.75, 3.05) is 26.2 Å². The van der Waals surface area contributed by atoms with Gasteiger partial charge in [0.25, 0.3) is 0 Å². The first-order chi connectivity index (χ1) is 10.0. The minimum Gasteiger partial charge on any atom is -0.481 e. The van der Waals surface area contributed by atoms with Crippen LogP contribution in [0.1, 0.15) is 27.2 Å². The number of β-amino-alcohol motifs (C(OH)–C–C–N with tert-alkyl or cyclic N) is 2. The van der Waals surface area contributed by atoms with Crippen molar-refractivity contribution in [1.82, 2.24) is 9.80 Å². The molecular formula is C14H24N2O6. The van der Waals surface area contributed by atoms with Crippen molar-refractivity contribution in [2.45, 2.75) is 50.5 Å². The van der Waals surface area contributed by atoms with E-state index in [4.69, 9.17) is 9.84 Å². The van der Waals surface area contributed by atoms with Crippen LogP contribution in [0.4, 0.5) is 4.79 Å². The van der Waals surface area contributed by atoms with E-state index in [1.54, 1.807) is 25.7 Å². The van der Waals surface area contributed by atoms with Crippen molar-refractivity contribution >= 4 is 12.1 Å². The summed E-state index contributed by atoms with van der Waals surface area (Å²) in [4.78, 5) is 26.4. The predicted octanol–water partition coefficient (Wildman–Crippen LogP) is -0.512. The summed E-state index contributed by atoms with van der Waals surface area (Å²) < 4.78 is 5.27. The van der Waals surface area contributed by atoms with Gasteiger partial charge in [-0.25, -0.2) is 4.79 Å². The number of aliphatic carboxylic acids is 1. The number of carbonyl (C=O) groups is 2. The topological polar surface area (TPSA) is 111 Å². The summed E-state index contributed by atoms with van der Waals surface area (Å²) in [6.07, 6.45) is -2.40. The molecule has 0 saturated carbocycles. The highest BCUT2D eigenvalue weighted by Gasteiger charge is 2.54. The monoisotopic (exact) mass is 316 g/mol. The molecular weight excluding hydrogens is 292 g/mol. The molecule has 2 saturated heterocycles. The quantitative estimate of drug-likeness (QED) is 0.643. The van der Waals surface area contributed by atoms with Gasteiger partial charge in [0.15, 0.2) is 0 Å². The molecule has 0 aromatic rings. The summed E-state index contributed by atoms with van der Waals surface area (Å²) in [6.45, 7) is 6.14. The molecule has 8 nitrogen and oxygen atoms in total. The summed E-state index contributed by atoms with van der Waals surface area (Å²) in [6, 6.07) is 0. The van der Waals surface area contributed by atoms with Gasteiger partial charge >= 0.3 is 12.1 Å². The lowest BCUT2D eigenvalue weighted by Crippen LogP contribution is -2.72. The molecule has 1 amide bonds. The Morgan fingerprint density at radius 1 is 1.18 bits per heavy atom. The van der Waals surface area contributed by atoms with Gasteiger partial charge in [-0.1, -0.05) is 0 Å². The molecule has 2 unspecified atom stereocenters. The molecule has 2 aliphatic heterocycles. The molecule has 0 spiro atoms. The van der Waals surface area contributed by atoms with Crippen LogP contribution in [0.25, 0.3) is 0 Å². The van der Waals surface area contributed by atoms with E-state index in [1.165, 1.54) is 4.90 Å². The third kappa shape index (κ3) is 3.50. The van der Waals surface area contributed by atoms with Crippen molar-refractivity contribution in [2.24, 2.45) is 0 Å². The van der Waals surface area contributed by atoms with Crippen molar-refractivity contribution in [3.05, 3.63) is 0 Å². The highest BCUT2D eigenvalue weighted by molar-refractivity contribution is 5.73. The zero-order valence-corrected chi connectivity index (χ0v) is 13.2. The largest absolute Gasteiger partial charge is 0.481 e. The number of carboxylic acid groups (broad SMARTS) is 1. The average molecular weight is 316 g/mol. The van der Waals surface area contributed by atoms with Gasteiger partial charge in [-0.2, -0.15) is 0 Å². The maximum Gasteiger partial charge on any atom is 0.410 e. The number of carbonyl (C=O) groups excluding carboxylic acids is 1. The molecule has 126 valence electrons. The Bertz CT molecular complexity index is 445. The van der Waals surface area contributed by atoms with Gasteiger partial charge in [-0.05, 0) is 20.8 Å². The van der Waals surface area contributed by atoms with Gasteiger partial charge in [0.1, 0.15) is 5.60 Å². The van der Waals surface area contributed by atoms with Crippen molar-refractivity contribution in [3.63, 3.8) is 0 Å². The number of ether oxygens (including phenoxy) is 1.